The standard InChI is InChI=1S/C14H22N2O2S/c1-4-10(7-18-3)16-14-11(9-5-6-9)12(15)13(19-14)8(2)17/h9-10,16H,4-7,15H2,1-3H3. The predicted octanol–water partition coefficient (Wildman–Crippen LogP) is 3.25. The van der Waals surface area contributed by atoms with Crippen LogP contribution in [-0.4, -0.2) is 25.5 Å². The molecule has 0 amide bonds. The summed E-state index contributed by atoms with van der Waals surface area (Å²) in [6.45, 7) is 4.36. The normalized spacial score (nSPS) is 16.4. The highest BCUT2D eigenvalue weighted by molar-refractivity contribution is 7.18. The maximum absolute atomic E-state index is 11.6. The van der Waals surface area contributed by atoms with Crippen LogP contribution in [0.15, 0.2) is 0 Å². The zero-order valence-electron chi connectivity index (χ0n) is 11.8. The summed E-state index contributed by atoms with van der Waals surface area (Å²) >= 11 is 1.49. The number of thiophene rings is 1. The maximum Gasteiger partial charge on any atom is 0.171 e. The fourth-order valence-electron chi connectivity index (χ4n) is 2.25. The van der Waals surface area contributed by atoms with Gasteiger partial charge in [-0.3, -0.25) is 4.79 Å². The lowest BCUT2D eigenvalue weighted by molar-refractivity contribution is 0.102. The van der Waals surface area contributed by atoms with Crippen molar-refractivity contribution in [1.29, 1.82) is 0 Å². The Bertz CT molecular complexity index is 466. The Balaban J connectivity index is 2.27. The second kappa shape index (κ2) is 5.92. The molecule has 1 atom stereocenters. The van der Waals surface area contributed by atoms with Gasteiger partial charge in [0.15, 0.2) is 5.78 Å². The lowest BCUT2D eigenvalue weighted by atomic mass is 10.1. The Morgan fingerprint density at radius 1 is 1.58 bits per heavy atom. The zero-order valence-corrected chi connectivity index (χ0v) is 12.6. The molecule has 4 nitrogen and oxygen atoms in total. The van der Waals surface area contributed by atoms with Gasteiger partial charge in [0.1, 0.15) is 0 Å². The van der Waals surface area contributed by atoms with Crippen LogP contribution in [0.25, 0.3) is 0 Å². The van der Waals surface area contributed by atoms with Crippen molar-refractivity contribution < 1.29 is 9.53 Å². The minimum absolute atomic E-state index is 0.0530. The van der Waals surface area contributed by atoms with E-state index in [2.05, 4.69) is 12.2 Å². The van der Waals surface area contributed by atoms with Gasteiger partial charge in [-0.1, -0.05) is 6.92 Å². The van der Waals surface area contributed by atoms with Gasteiger partial charge in [-0.15, -0.1) is 11.3 Å². The van der Waals surface area contributed by atoms with Gasteiger partial charge >= 0.3 is 0 Å². The van der Waals surface area contributed by atoms with Gasteiger partial charge in [0.25, 0.3) is 0 Å². The van der Waals surface area contributed by atoms with Crippen LogP contribution in [0, 0.1) is 0 Å². The molecule has 0 radical (unpaired) electrons. The molecule has 1 unspecified atom stereocenters. The van der Waals surface area contributed by atoms with Gasteiger partial charge in [0.2, 0.25) is 0 Å². The van der Waals surface area contributed by atoms with Crippen LogP contribution in [-0.2, 0) is 4.74 Å². The fraction of sp³-hybridized carbons (Fsp3) is 0.643. The molecule has 0 bridgehead atoms. The Kier molecular flexibility index (Phi) is 4.47. The van der Waals surface area contributed by atoms with E-state index in [1.54, 1.807) is 14.0 Å². The Morgan fingerprint density at radius 2 is 2.26 bits per heavy atom. The van der Waals surface area contributed by atoms with Crippen LogP contribution in [0.4, 0.5) is 10.7 Å². The van der Waals surface area contributed by atoms with E-state index in [0.29, 0.717) is 23.1 Å². The first kappa shape index (κ1) is 14.3. The number of nitrogens with two attached hydrogens (primary N) is 1. The van der Waals surface area contributed by atoms with Crippen LogP contribution in [0.2, 0.25) is 0 Å². The molecule has 0 saturated heterocycles. The van der Waals surface area contributed by atoms with Gasteiger partial charge < -0.3 is 15.8 Å². The summed E-state index contributed by atoms with van der Waals surface area (Å²) < 4.78 is 5.21. The molecule has 2 rings (SSSR count). The summed E-state index contributed by atoms with van der Waals surface area (Å²) in [5.41, 5.74) is 8.00. The molecule has 1 aliphatic rings. The van der Waals surface area contributed by atoms with Crippen molar-refractivity contribution in [1.82, 2.24) is 0 Å². The monoisotopic (exact) mass is 282 g/mol. The Hall–Kier alpha value is -1.07. The molecule has 0 spiro atoms. The number of carbonyl (C=O) groups is 1. The smallest absolute Gasteiger partial charge is 0.171 e. The van der Waals surface area contributed by atoms with Gasteiger partial charge in [-0.2, -0.15) is 0 Å². The number of carbonyl (C=O) groups excluding carboxylic acids is 1. The third kappa shape index (κ3) is 3.09. The zero-order chi connectivity index (χ0) is 14.0. The Morgan fingerprint density at radius 3 is 2.74 bits per heavy atom. The van der Waals surface area contributed by atoms with E-state index >= 15 is 0 Å². The molecule has 0 aromatic carbocycles. The molecule has 106 valence electrons. The molecule has 1 aromatic heterocycles. The lowest BCUT2D eigenvalue weighted by Gasteiger charge is -2.17. The SMILES string of the molecule is CCC(COC)Nc1sc(C(C)=O)c(N)c1C1CC1. The largest absolute Gasteiger partial charge is 0.397 e. The van der Waals surface area contributed by atoms with Crippen LogP contribution in [0.1, 0.15) is 54.3 Å². The average Bonchev–Trinajstić information content (AvgIpc) is 3.14. The van der Waals surface area contributed by atoms with Crippen molar-refractivity contribution in [3.05, 3.63) is 10.4 Å². The van der Waals surface area contributed by atoms with Gasteiger partial charge in [0.05, 0.1) is 22.2 Å². The van der Waals surface area contributed by atoms with E-state index in [9.17, 15) is 4.79 Å². The maximum atomic E-state index is 11.6. The molecule has 1 saturated carbocycles. The second-order valence-corrected chi connectivity index (χ2v) is 6.14. The van der Waals surface area contributed by atoms with Crippen molar-refractivity contribution in [3.8, 4) is 0 Å². The lowest BCUT2D eigenvalue weighted by Crippen LogP contribution is -2.23. The molecule has 1 aromatic rings. The second-order valence-electron chi connectivity index (χ2n) is 5.12. The molecule has 3 N–H and O–H groups in total. The van der Waals surface area contributed by atoms with Gasteiger partial charge in [-0.25, -0.2) is 0 Å². The fourth-order valence-corrected chi connectivity index (χ4v) is 3.43. The first-order valence-corrected chi connectivity index (χ1v) is 7.58. The number of nitrogens with one attached hydrogen (secondary N) is 1. The third-order valence-corrected chi connectivity index (χ3v) is 4.74. The van der Waals surface area contributed by atoms with Crippen molar-refractivity contribution in [2.24, 2.45) is 0 Å². The molecule has 1 heterocycles. The van der Waals surface area contributed by atoms with Crippen LogP contribution in [0.3, 0.4) is 0 Å². The average molecular weight is 282 g/mol. The summed E-state index contributed by atoms with van der Waals surface area (Å²) in [4.78, 5) is 12.3. The van der Waals surface area contributed by atoms with Crippen molar-refractivity contribution in [2.75, 3.05) is 24.8 Å². The molecular formula is C14H22N2O2S. The quantitative estimate of drug-likeness (QED) is 0.753. The highest BCUT2D eigenvalue weighted by Crippen LogP contribution is 2.51. The Labute approximate surface area is 118 Å². The van der Waals surface area contributed by atoms with Crippen LogP contribution >= 0.6 is 11.3 Å². The number of hydrogen-bond donors (Lipinski definition) is 2. The summed E-state index contributed by atoms with van der Waals surface area (Å²) in [7, 11) is 1.70. The van der Waals surface area contributed by atoms with Crippen molar-refractivity contribution in [2.45, 2.75) is 45.1 Å². The van der Waals surface area contributed by atoms with Crippen LogP contribution in [0.5, 0.6) is 0 Å². The molecule has 5 heteroatoms. The number of anilines is 2. The van der Waals surface area contributed by atoms with E-state index in [1.807, 2.05) is 0 Å². The number of rotatable bonds is 7. The first-order chi connectivity index (χ1) is 9.08. The van der Waals surface area contributed by atoms with E-state index in [4.69, 9.17) is 10.5 Å². The molecule has 19 heavy (non-hydrogen) atoms. The van der Waals surface area contributed by atoms with Gasteiger partial charge in [-0.05, 0) is 25.2 Å². The number of methoxy groups -OCH3 is 1. The number of ketones is 1. The van der Waals surface area contributed by atoms with E-state index < -0.39 is 0 Å². The van der Waals surface area contributed by atoms with E-state index in [-0.39, 0.29) is 11.8 Å². The summed E-state index contributed by atoms with van der Waals surface area (Å²) in [5.74, 6) is 0.587. The van der Waals surface area contributed by atoms with Gasteiger partial charge in [0, 0.05) is 25.6 Å². The van der Waals surface area contributed by atoms with E-state index in [1.165, 1.54) is 24.2 Å². The summed E-state index contributed by atoms with van der Waals surface area (Å²) in [5, 5.41) is 4.56. The first-order valence-electron chi connectivity index (χ1n) is 6.77. The highest BCUT2D eigenvalue weighted by atomic mass is 32.1. The molecule has 1 fully saturated rings. The number of nitrogen functional groups attached to an aromatic ring is 1. The van der Waals surface area contributed by atoms with Crippen LogP contribution < -0.4 is 11.1 Å². The molecule has 1 aliphatic carbocycles. The minimum atomic E-state index is 0.0530. The predicted molar refractivity (Wildman–Crippen MR) is 80.3 cm³/mol. The number of Topliss-reactive ketones (excluding diaryl/α,β-unsaturated/α-hetero) is 1. The highest BCUT2D eigenvalue weighted by Gasteiger charge is 2.32. The van der Waals surface area contributed by atoms with Crippen molar-refractivity contribution in [3.63, 3.8) is 0 Å². The third-order valence-electron chi connectivity index (χ3n) is 3.48. The van der Waals surface area contributed by atoms with E-state index in [0.717, 1.165) is 17.0 Å². The number of ether oxygens (including phenoxy) is 1. The number of hydrogen-bond acceptors (Lipinski definition) is 5. The molecular weight excluding hydrogens is 260 g/mol. The minimum Gasteiger partial charge on any atom is -0.397 e. The summed E-state index contributed by atoms with van der Waals surface area (Å²) in [6, 6.07) is 0.264. The molecule has 0 aliphatic heterocycles. The topological polar surface area (TPSA) is 64.3 Å². The van der Waals surface area contributed by atoms with Crippen molar-refractivity contribution >= 4 is 27.8 Å². The summed E-state index contributed by atoms with van der Waals surface area (Å²) in [6.07, 6.45) is 3.33.